The average molecular weight is 216 g/mol. The van der Waals surface area contributed by atoms with E-state index in [1.165, 1.54) is 0 Å². The van der Waals surface area contributed by atoms with Gasteiger partial charge in [-0.15, -0.1) is 11.8 Å². The second kappa shape index (κ2) is 3.28. The summed E-state index contributed by atoms with van der Waals surface area (Å²) in [6, 6.07) is 7.37. The van der Waals surface area contributed by atoms with Crippen molar-refractivity contribution in [1.29, 1.82) is 0 Å². The molecule has 1 aliphatic rings. The standard InChI is InChI=1S/C12H8O2S/c13-12-8-3-1-2-4-10(8)14-11-5-6-15-7-9(11)12/h1-6H,7H2. The molecule has 0 atom stereocenters. The third-order valence-corrected chi connectivity index (χ3v) is 3.25. The van der Waals surface area contributed by atoms with Crippen molar-refractivity contribution in [3.8, 4) is 0 Å². The maximum atomic E-state index is 12.1. The third kappa shape index (κ3) is 1.31. The number of para-hydroxylation sites is 1. The zero-order chi connectivity index (χ0) is 10.3. The molecule has 0 unspecified atom stereocenters. The summed E-state index contributed by atoms with van der Waals surface area (Å²) in [6.07, 6.45) is 1.86. The van der Waals surface area contributed by atoms with Crippen molar-refractivity contribution in [2.24, 2.45) is 0 Å². The molecule has 3 heteroatoms. The van der Waals surface area contributed by atoms with Crippen molar-refractivity contribution in [3.05, 3.63) is 51.2 Å². The second-order valence-corrected chi connectivity index (χ2v) is 4.28. The van der Waals surface area contributed by atoms with E-state index in [-0.39, 0.29) is 5.43 Å². The number of fused-ring (bicyclic) bond motifs is 2. The Morgan fingerprint density at radius 2 is 2.13 bits per heavy atom. The van der Waals surface area contributed by atoms with Gasteiger partial charge >= 0.3 is 0 Å². The van der Waals surface area contributed by atoms with Crippen LogP contribution in [0.3, 0.4) is 0 Å². The molecule has 0 bridgehead atoms. The van der Waals surface area contributed by atoms with E-state index in [9.17, 15) is 4.79 Å². The first-order chi connectivity index (χ1) is 7.36. The van der Waals surface area contributed by atoms with Gasteiger partial charge in [0.2, 0.25) is 0 Å². The fraction of sp³-hybridized carbons (Fsp3) is 0.0833. The van der Waals surface area contributed by atoms with Gasteiger partial charge in [-0.2, -0.15) is 0 Å². The average Bonchev–Trinajstić information content (AvgIpc) is 2.30. The van der Waals surface area contributed by atoms with Gasteiger partial charge in [-0.1, -0.05) is 12.1 Å². The summed E-state index contributed by atoms with van der Waals surface area (Å²) < 4.78 is 5.66. The van der Waals surface area contributed by atoms with Crippen molar-refractivity contribution in [2.45, 2.75) is 5.75 Å². The Bertz CT molecular complexity index is 611. The minimum atomic E-state index is 0.101. The first-order valence-corrected chi connectivity index (χ1v) is 5.74. The molecule has 1 aromatic heterocycles. The van der Waals surface area contributed by atoms with E-state index in [2.05, 4.69) is 0 Å². The number of rotatable bonds is 0. The molecule has 0 saturated heterocycles. The van der Waals surface area contributed by atoms with Gasteiger partial charge in [0, 0.05) is 5.75 Å². The highest BCUT2D eigenvalue weighted by atomic mass is 32.2. The van der Waals surface area contributed by atoms with Crippen LogP contribution in [0, 0.1) is 0 Å². The second-order valence-electron chi connectivity index (χ2n) is 3.38. The summed E-state index contributed by atoms with van der Waals surface area (Å²) in [4.78, 5) is 12.1. The van der Waals surface area contributed by atoms with Gasteiger partial charge in [0.25, 0.3) is 0 Å². The molecule has 0 saturated carbocycles. The molecular weight excluding hydrogens is 208 g/mol. The molecule has 74 valence electrons. The lowest BCUT2D eigenvalue weighted by Gasteiger charge is -2.08. The van der Waals surface area contributed by atoms with Crippen LogP contribution >= 0.6 is 11.8 Å². The maximum absolute atomic E-state index is 12.1. The van der Waals surface area contributed by atoms with Gasteiger partial charge in [0.05, 0.1) is 10.9 Å². The van der Waals surface area contributed by atoms with E-state index in [1.807, 2.05) is 35.7 Å². The Hall–Kier alpha value is -1.48. The summed E-state index contributed by atoms with van der Waals surface area (Å²) in [5, 5.41) is 2.63. The summed E-state index contributed by atoms with van der Waals surface area (Å²) in [6.45, 7) is 0. The molecule has 2 aromatic rings. The minimum Gasteiger partial charge on any atom is -0.456 e. The van der Waals surface area contributed by atoms with E-state index in [0.717, 1.165) is 5.56 Å². The van der Waals surface area contributed by atoms with Crippen LogP contribution < -0.4 is 5.43 Å². The number of hydrogen-bond donors (Lipinski definition) is 0. The molecule has 1 aliphatic heterocycles. The van der Waals surface area contributed by atoms with Crippen LogP contribution in [0.4, 0.5) is 0 Å². The molecule has 2 heterocycles. The molecule has 15 heavy (non-hydrogen) atoms. The Morgan fingerprint density at radius 3 is 3.07 bits per heavy atom. The highest BCUT2D eigenvalue weighted by Crippen LogP contribution is 2.25. The van der Waals surface area contributed by atoms with Crippen LogP contribution in [0.2, 0.25) is 0 Å². The Morgan fingerprint density at radius 1 is 1.27 bits per heavy atom. The first-order valence-electron chi connectivity index (χ1n) is 4.69. The van der Waals surface area contributed by atoms with Gasteiger partial charge in [0.1, 0.15) is 11.3 Å². The molecule has 2 nitrogen and oxygen atoms in total. The van der Waals surface area contributed by atoms with E-state index >= 15 is 0 Å². The summed E-state index contributed by atoms with van der Waals surface area (Å²) in [5.74, 6) is 1.41. The number of thioether (sulfide) groups is 1. The fourth-order valence-corrected chi connectivity index (χ4v) is 2.47. The molecular formula is C12H8O2S. The zero-order valence-corrected chi connectivity index (χ0v) is 8.71. The van der Waals surface area contributed by atoms with E-state index in [0.29, 0.717) is 22.5 Å². The lowest BCUT2D eigenvalue weighted by Crippen LogP contribution is -2.11. The largest absolute Gasteiger partial charge is 0.456 e. The highest BCUT2D eigenvalue weighted by Gasteiger charge is 2.14. The van der Waals surface area contributed by atoms with Crippen molar-refractivity contribution >= 4 is 28.8 Å². The van der Waals surface area contributed by atoms with Crippen LogP contribution in [-0.2, 0) is 5.75 Å². The van der Waals surface area contributed by atoms with Crippen LogP contribution in [-0.4, -0.2) is 0 Å². The zero-order valence-electron chi connectivity index (χ0n) is 7.90. The van der Waals surface area contributed by atoms with Gasteiger partial charge in [0.15, 0.2) is 5.43 Å². The fourth-order valence-electron chi connectivity index (χ4n) is 1.71. The Labute approximate surface area is 90.6 Å². The molecule has 3 rings (SSSR count). The van der Waals surface area contributed by atoms with Crippen LogP contribution in [0.1, 0.15) is 11.3 Å². The predicted molar refractivity (Wildman–Crippen MR) is 62.8 cm³/mol. The lowest BCUT2D eigenvalue weighted by atomic mass is 10.1. The van der Waals surface area contributed by atoms with E-state index in [1.54, 1.807) is 11.8 Å². The quantitative estimate of drug-likeness (QED) is 0.678. The SMILES string of the molecule is O=c1c2c(oc3ccccc13)C=CSC2. The first kappa shape index (κ1) is 8.80. The van der Waals surface area contributed by atoms with Gasteiger partial charge < -0.3 is 4.42 Å². The maximum Gasteiger partial charge on any atom is 0.197 e. The topological polar surface area (TPSA) is 30.2 Å². The summed E-state index contributed by atoms with van der Waals surface area (Å²) in [7, 11) is 0. The molecule has 0 amide bonds. The Kier molecular flexibility index (Phi) is 1.92. The van der Waals surface area contributed by atoms with Crippen LogP contribution in [0.25, 0.3) is 17.0 Å². The minimum absolute atomic E-state index is 0.101. The van der Waals surface area contributed by atoms with Gasteiger partial charge in [-0.3, -0.25) is 4.79 Å². The van der Waals surface area contributed by atoms with E-state index in [4.69, 9.17) is 4.42 Å². The number of benzene rings is 1. The summed E-state index contributed by atoms with van der Waals surface area (Å²) in [5.41, 5.74) is 1.54. The molecule has 0 radical (unpaired) electrons. The smallest absolute Gasteiger partial charge is 0.197 e. The van der Waals surface area contributed by atoms with E-state index < -0.39 is 0 Å². The predicted octanol–water partition coefficient (Wildman–Crippen LogP) is 3.01. The molecule has 0 N–H and O–H groups in total. The monoisotopic (exact) mass is 216 g/mol. The van der Waals surface area contributed by atoms with Gasteiger partial charge in [-0.25, -0.2) is 0 Å². The van der Waals surface area contributed by atoms with Crippen molar-refractivity contribution < 1.29 is 4.42 Å². The molecule has 0 spiro atoms. The van der Waals surface area contributed by atoms with Gasteiger partial charge in [-0.05, 0) is 23.6 Å². The Balaban J connectivity index is 2.48. The highest BCUT2D eigenvalue weighted by molar-refractivity contribution is 8.01. The molecule has 0 fully saturated rings. The molecule has 1 aromatic carbocycles. The van der Waals surface area contributed by atoms with Crippen LogP contribution in [0.5, 0.6) is 0 Å². The summed E-state index contributed by atoms with van der Waals surface area (Å²) >= 11 is 1.62. The molecule has 0 aliphatic carbocycles. The van der Waals surface area contributed by atoms with Crippen molar-refractivity contribution in [3.63, 3.8) is 0 Å². The van der Waals surface area contributed by atoms with Crippen molar-refractivity contribution in [1.82, 2.24) is 0 Å². The number of hydrogen-bond acceptors (Lipinski definition) is 3. The lowest BCUT2D eigenvalue weighted by molar-refractivity contribution is 0.584. The normalized spacial score (nSPS) is 14.1. The third-order valence-electron chi connectivity index (χ3n) is 2.47. The van der Waals surface area contributed by atoms with Crippen molar-refractivity contribution in [2.75, 3.05) is 0 Å². The van der Waals surface area contributed by atoms with Crippen LogP contribution in [0.15, 0.2) is 38.9 Å².